The highest BCUT2D eigenvalue weighted by Gasteiger charge is 2.34. The van der Waals surface area contributed by atoms with E-state index in [0.717, 1.165) is 16.5 Å². The van der Waals surface area contributed by atoms with Crippen LogP contribution in [0.15, 0.2) is 42.5 Å². The monoisotopic (exact) mass is 326 g/mol. The number of nitrogens with one attached hydrogen (secondary N) is 1. The minimum Gasteiger partial charge on any atom is -0.481 e. The van der Waals surface area contributed by atoms with E-state index in [1.54, 1.807) is 0 Å². The van der Waals surface area contributed by atoms with Gasteiger partial charge in [0.25, 0.3) is 0 Å². The van der Waals surface area contributed by atoms with E-state index < -0.39 is 11.9 Å². The first-order chi connectivity index (χ1) is 11.5. The number of anilines is 1. The van der Waals surface area contributed by atoms with Gasteiger partial charge in [-0.2, -0.15) is 0 Å². The fourth-order valence-electron chi connectivity index (χ4n) is 2.94. The molecule has 2 N–H and O–H groups in total. The summed E-state index contributed by atoms with van der Waals surface area (Å²) in [6, 6.07) is 13.4. The molecule has 0 aromatic heterocycles. The number of carboxylic acids is 1. The molecule has 1 aliphatic rings. The molecule has 1 fully saturated rings. The number of nitrogens with zero attached hydrogens (tertiary/aromatic N) is 1. The van der Waals surface area contributed by atoms with Crippen molar-refractivity contribution in [3.63, 3.8) is 0 Å². The highest BCUT2D eigenvalue weighted by molar-refractivity contribution is 6.02. The van der Waals surface area contributed by atoms with E-state index in [9.17, 15) is 14.4 Å². The Hall–Kier alpha value is -2.89. The maximum Gasteiger partial charge on any atom is 0.308 e. The lowest BCUT2D eigenvalue weighted by atomic mass is 10.1. The molecule has 2 amide bonds. The van der Waals surface area contributed by atoms with Crippen LogP contribution in [0.1, 0.15) is 12.8 Å². The predicted molar refractivity (Wildman–Crippen MR) is 89.5 cm³/mol. The zero-order valence-corrected chi connectivity index (χ0v) is 13.1. The number of benzene rings is 2. The number of likely N-dealkylation sites (tertiary alicyclic amines) is 1. The smallest absolute Gasteiger partial charge is 0.308 e. The number of hydrogen-bond acceptors (Lipinski definition) is 3. The van der Waals surface area contributed by atoms with Gasteiger partial charge in [0.15, 0.2) is 0 Å². The Labute approximate surface area is 139 Å². The van der Waals surface area contributed by atoms with Gasteiger partial charge < -0.3 is 15.3 Å². The zero-order chi connectivity index (χ0) is 17.1. The number of amides is 2. The molecule has 2 aromatic carbocycles. The Morgan fingerprint density at radius 2 is 1.92 bits per heavy atom. The molecule has 124 valence electrons. The molecule has 1 unspecified atom stereocenters. The first-order valence-corrected chi connectivity index (χ1v) is 7.83. The Bertz CT molecular complexity index is 797. The minimum absolute atomic E-state index is 0.0142. The molecular formula is C18H18N2O4. The second-order valence-electron chi connectivity index (χ2n) is 5.90. The zero-order valence-electron chi connectivity index (χ0n) is 13.1. The first-order valence-electron chi connectivity index (χ1n) is 7.83. The van der Waals surface area contributed by atoms with Crippen LogP contribution in [0.2, 0.25) is 0 Å². The summed E-state index contributed by atoms with van der Waals surface area (Å²) in [5.41, 5.74) is 0.731. The fraction of sp³-hybridized carbons (Fsp3) is 0.278. The molecule has 1 saturated heterocycles. The lowest BCUT2D eigenvalue weighted by molar-refractivity contribution is -0.141. The summed E-state index contributed by atoms with van der Waals surface area (Å²) in [6.07, 6.45) is 0.154. The van der Waals surface area contributed by atoms with Gasteiger partial charge in [0.1, 0.15) is 0 Å². The van der Waals surface area contributed by atoms with Crippen molar-refractivity contribution in [3.8, 4) is 0 Å². The summed E-state index contributed by atoms with van der Waals surface area (Å²) in [5.74, 6) is -2.04. The largest absolute Gasteiger partial charge is 0.481 e. The number of aliphatic carboxylic acids is 1. The molecule has 0 saturated carbocycles. The third-order valence-corrected chi connectivity index (χ3v) is 4.24. The Morgan fingerprint density at radius 3 is 2.67 bits per heavy atom. The molecule has 0 aliphatic carbocycles. The first kappa shape index (κ1) is 16.0. The number of rotatable bonds is 5. The number of hydrogen-bond donors (Lipinski definition) is 2. The van der Waals surface area contributed by atoms with E-state index in [0.29, 0.717) is 0 Å². The quantitative estimate of drug-likeness (QED) is 0.881. The van der Waals surface area contributed by atoms with Crippen molar-refractivity contribution in [2.45, 2.75) is 12.8 Å². The van der Waals surface area contributed by atoms with Gasteiger partial charge in [-0.05, 0) is 11.5 Å². The van der Waals surface area contributed by atoms with E-state index in [1.165, 1.54) is 4.90 Å². The fourth-order valence-corrected chi connectivity index (χ4v) is 2.94. The molecule has 0 radical (unpaired) electrons. The van der Waals surface area contributed by atoms with E-state index in [-0.39, 0.29) is 37.7 Å². The highest BCUT2D eigenvalue weighted by atomic mass is 16.4. The Morgan fingerprint density at radius 1 is 1.17 bits per heavy atom. The highest BCUT2D eigenvalue weighted by Crippen LogP contribution is 2.23. The van der Waals surface area contributed by atoms with E-state index in [2.05, 4.69) is 5.32 Å². The molecule has 0 bridgehead atoms. The second-order valence-corrected chi connectivity index (χ2v) is 5.90. The van der Waals surface area contributed by atoms with Gasteiger partial charge in [-0.3, -0.25) is 14.4 Å². The normalized spacial score (nSPS) is 17.2. The van der Waals surface area contributed by atoms with Crippen LogP contribution in [0, 0.1) is 5.92 Å². The average molecular weight is 326 g/mol. The Balaban J connectivity index is 1.60. The Kier molecular flexibility index (Phi) is 4.46. The number of carbonyl (C=O) groups is 3. The van der Waals surface area contributed by atoms with Crippen molar-refractivity contribution >= 4 is 34.2 Å². The van der Waals surface area contributed by atoms with Crippen LogP contribution in [-0.2, 0) is 14.4 Å². The van der Waals surface area contributed by atoms with Gasteiger partial charge in [0.05, 0.1) is 5.92 Å². The minimum atomic E-state index is -0.967. The van der Waals surface area contributed by atoms with Crippen molar-refractivity contribution in [3.05, 3.63) is 42.5 Å². The van der Waals surface area contributed by atoms with Crippen LogP contribution in [0.3, 0.4) is 0 Å². The van der Waals surface area contributed by atoms with Crippen molar-refractivity contribution in [1.29, 1.82) is 0 Å². The number of fused-ring (bicyclic) bond motifs is 1. The van der Waals surface area contributed by atoms with Crippen molar-refractivity contribution in [2.24, 2.45) is 5.92 Å². The summed E-state index contributed by atoms with van der Waals surface area (Å²) in [5, 5.41) is 13.8. The van der Waals surface area contributed by atoms with Gasteiger partial charge in [0, 0.05) is 37.0 Å². The molecule has 6 nitrogen and oxygen atoms in total. The molecule has 3 rings (SSSR count). The number of carboxylic acid groups (broad SMARTS) is 1. The summed E-state index contributed by atoms with van der Waals surface area (Å²) in [6.45, 7) is 0.412. The molecule has 24 heavy (non-hydrogen) atoms. The summed E-state index contributed by atoms with van der Waals surface area (Å²) in [4.78, 5) is 36.3. The van der Waals surface area contributed by atoms with Crippen molar-refractivity contribution in [1.82, 2.24) is 4.90 Å². The predicted octanol–water partition coefficient (Wildman–Crippen LogP) is 2.10. The lowest BCUT2D eigenvalue weighted by Crippen LogP contribution is -2.30. The van der Waals surface area contributed by atoms with Gasteiger partial charge in [-0.1, -0.05) is 36.4 Å². The van der Waals surface area contributed by atoms with Crippen molar-refractivity contribution in [2.75, 3.05) is 18.4 Å². The summed E-state index contributed by atoms with van der Waals surface area (Å²) in [7, 11) is 0. The van der Waals surface area contributed by atoms with E-state index in [1.807, 2.05) is 42.5 Å². The SMILES string of the molecule is O=C(CCN1CC(C(=O)O)CC1=O)Nc1cccc2ccccc12. The maximum atomic E-state index is 12.2. The molecule has 0 spiro atoms. The summed E-state index contributed by atoms with van der Waals surface area (Å²) < 4.78 is 0. The van der Waals surface area contributed by atoms with E-state index in [4.69, 9.17) is 5.11 Å². The standard InChI is InChI=1S/C18H18N2O4/c21-16(8-9-20-11-13(18(23)24)10-17(20)22)19-15-7-3-5-12-4-1-2-6-14(12)15/h1-7,13H,8-11H2,(H,19,21)(H,23,24). The van der Waals surface area contributed by atoms with Crippen LogP contribution in [0.5, 0.6) is 0 Å². The van der Waals surface area contributed by atoms with Crippen LogP contribution >= 0.6 is 0 Å². The lowest BCUT2D eigenvalue weighted by Gasteiger charge is -2.16. The molecular weight excluding hydrogens is 308 g/mol. The van der Waals surface area contributed by atoms with Crippen LogP contribution < -0.4 is 5.32 Å². The topological polar surface area (TPSA) is 86.7 Å². The maximum absolute atomic E-state index is 12.2. The molecule has 1 heterocycles. The molecule has 1 atom stereocenters. The van der Waals surface area contributed by atoms with Gasteiger partial charge in [-0.15, -0.1) is 0 Å². The van der Waals surface area contributed by atoms with E-state index >= 15 is 0 Å². The molecule has 2 aromatic rings. The third kappa shape index (κ3) is 3.37. The van der Waals surface area contributed by atoms with Crippen LogP contribution in [0.25, 0.3) is 10.8 Å². The number of carbonyl (C=O) groups excluding carboxylic acids is 2. The van der Waals surface area contributed by atoms with Crippen molar-refractivity contribution < 1.29 is 19.5 Å². The second kappa shape index (κ2) is 6.70. The van der Waals surface area contributed by atoms with Gasteiger partial charge in [-0.25, -0.2) is 0 Å². The summed E-state index contributed by atoms with van der Waals surface area (Å²) >= 11 is 0. The third-order valence-electron chi connectivity index (χ3n) is 4.24. The van der Waals surface area contributed by atoms with Gasteiger partial charge in [0.2, 0.25) is 11.8 Å². The van der Waals surface area contributed by atoms with Gasteiger partial charge >= 0.3 is 5.97 Å². The van der Waals surface area contributed by atoms with Crippen LogP contribution in [0.4, 0.5) is 5.69 Å². The molecule has 1 aliphatic heterocycles. The van der Waals surface area contributed by atoms with Crippen LogP contribution in [-0.4, -0.2) is 40.9 Å². The average Bonchev–Trinajstić information content (AvgIpc) is 2.95. The molecule has 6 heteroatoms.